The summed E-state index contributed by atoms with van der Waals surface area (Å²) in [6.45, 7) is 6.98. The lowest BCUT2D eigenvalue weighted by Crippen LogP contribution is -2.18. The number of aliphatic hydroxyl groups excluding tert-OH is 1. The van der Waals surface area contributed by atoms with Crippen LogP contribution in [-0.2, 0) is 9.53 Å². The van der Waals surface area contributed by atoms with Crippen LogP contribution in [0.4, 0.5) is 0 Å². The minimum Gasteiger partial charge on any atom is -0.430 e. The Morgan fingerprint density at radius 2 is 2.25 bits per heavy atom. The van der Waals surface area contributed by atoms with Crippen molar-refractivity contribution in [1.82, 2.24) is 0 Å². The number of rotatable bonds is 5. The largest absolute Gasteiger partial charge is 0.430 e. The lowest BCUT2D eigenvalue weighted by Gasteiger charge is -2.07. The molecule has 0 saturated carbocycles. The van der Waals surface area contributed by atoms with Crippen LogP contribution in [0.5, 0.6) is 0 Å². The van der Waals surface area contributed by atoms with Gasteiger partial charge in [0.2, 0.25) is 0 Å². The number of esters is 1. The van der Waals surface area contributed by atoms with Gasteiger partial charge in [-0.25, -0.2) is 4.79 Å². The highest BCUT2D eigenvalue weighted by atomic mass is 16.5. The second-order valence-electron chi connectivity index (χ2n) is 2.74. The van der Waals surface area contributed by atoms with Crippen molar-refractivity contribution in [3.63, 3.8) is 0 Å². The fourth-order valence-corrected chi connectivity index (χ4v) is 0.653. The average molecular weight is 172 g/mol. The molecule has 0 bridgehead atoms. The van der Waals surface area contributed by atoms with Crippen molar-refractivity contribution in [2.24, 2.45) is 0 Å². The van der Waals surface area contributed by atoms with Gasteiger partial charge in [0.1, 0.15) is 11.9 Å². The number of hydrogen-bond donors (Lipinski definition) is 1. The molecule has 0 fully saturated rings. The molecule has 0 aliphatic rings. The topological polar surface area (TPSA) is 46.5 Å². The Bertz CT molecular complexity index is 161. The molecule has 0 aromatic carbocycles. The molecule has 3 heteroatoms. The second kappa shape index (κ2) is 5.77. The first-order valence-corrected chi connectivity index (χ1v) is 4.15. The molecule has 0 radical (unpaired) electrons. The van der Waals surface area contributed by atoms with Gasteiger partial charge in [0.15, 0.2) is 0 Å². The van der Waals surface area contributed by atoms with E-state index in [0.717, 1.165) is 12.8 Å². The lowest BCUT2D eigenvalue weighted by atomic mass is 10.2. The van der Waals surface area contributed by atoms with Gasteiger partial charge in [0, 0.05) is 6.42 Å². The van der Waals surface area contributed by atoms with Gasteiger partial charge in [-0.15, -0.1) is 0 Å². The molecule has 0 unspecified atom stereocenters. The average Bonchev–Trinajstić information content (AvgIpc) is 2.00. The highest BCUT2D eigenvalue weighted by Crippen LogP contribution is 2.07. The molecule has 0 rings (SSSR count). The molecule has 3 nitrogen and oxygen atoms in total. The normalized spacial score (nSPS) is 12.2. The first kappa shape index (κ1) is 11.2. The summed E-state index contributed by atoms with van der Waals surface area (Å²) < 4.78 is 4.73. The molecule has 12 heavy (non-hydrogen) atoms. The van der Waals surface area contributed by atoms with Crippen LogP contribution in [0, 0.1) is 0 Å². The summed E-state index contributed by atoms with van der Waals surface area (Å²) >= 11 is 0. The summed E-state index contributed by atoms with van der Waals surface area (Å²) in [6, 6.07) is 0. The standard InChI is InChI=1S/C9H16O3/c1-4-5-6-7(2)12-9(11)8(3)10/h8,10H,2,4-6H2,1,3H3/t8-/m1/s1. The van der Waals surface area contributed by atoms with Gasteiger partial charge in [-0.05, 0) is 13.3 Å². The van der Waals surface area contributed by atoms with Crippen LogP contribution in [0.2, 0.25) is 0 Å². The first-order chi connectivity index (χ1) is 5.57. The molecule has 0 aromatic heterocycles. The first-order valence-electron chi connectivity index (χ1n) is 4.15. The Hall–Kier alpha value is -0.830. The molecule has 0 amide bonds. The van der Waals surface area contributed by atoms with Crippen molar-refractivity contribution < 1.29 is 14.6 Å². The van der Waals surface area contributed by atoms with Crippen molar-refractivity contribution in [1.29, 1.82) is 0 Å². The van der Waals surface area contributed by atoms with Gasteiger partial charge in [-0.2, -0.15) is 0 Å². The predicted octanol–water partition coefficient (Wildman–Crippen LogP) is 1.61. The van der Waals surface area contributed by atoms with E-state index in [9.17, 15) is 4.79 Å². The van der Waals surface area contributed by atoms with Crippen LogP contribution in [-0.4, -0.2) is 17.2 Å². The smallest absolute Gasteiger partial charge is 0.339 e. The van der Waals surface area contributed by atoms with Crippen molar-refractivity contribution in [3.05, 3.63) is 12.3 Å². The van der Waals surface area contributed by atoms with Crippen molar-refractivity contribution >= 4 is 5.97 Å². The molecule has 0 heterocycles. The maximum absolute atomic E-state index is 10.8. The Balaban J connectivity index is 3.62. The predicted molar refractivity (Wildman–Crippen MR) is 46.4 cm³/mol. The minimum atomic E-state index is -1.07. The van der Waals surface area contributed by atoms with E-state index >= 15 is 0 Å². The van der Waals surface area contributed by atoms with E-state index in [4.69, 9.17) is 9.84 Å². The van der Waals surface area contributed by atoms with Gasteiger partial charge in [-0.1, -0.05) is 19.9 Å². The van der Waals surface area contributed by atoms with E-state index < -0.39 is 12.1 Å². The van der Waals surface area contributed by atoms with Crippen molar-refractivity contribution in [2.45, 2.75) is 39.2 Å². The third kappa shape index (κ3) is 4.91. The Morgan fingerprint density at radius 1 is 1.67 bits per heavy atom. The zero-order valence-corrected chi connectivity index (χ0v) is 7.67. The molecule has 0 spiro atoms. The Kier molecular flexibility index (Phi) is 5.37. The van der Waals surface area contributed by atoms with Gasteiger partial charge < -0.3 is 9.84 Å². The lowest BCUT2D eigenvalue weighted by molar-refractivity contribution is -0.148. The summed E-state index contributed by atoms with van der Waals surface area (Å²) in [5.41, 5.74) is 0. The van der Waals surface area contributed by atoms with E-state index in [1.54, 1.807) is 0 Å². The summed E-state index contributed by atoms with van der Waals surface area (Å²) in [5.74, 6) is -0.196. The van der Waals surface area contributed by atoms with Crippen molar-refractivity contribution in [3.8, 4) is 0 Å². The molecule has 0 aliphatic carbocycles. The summed E-state index contributed by atoms with van der Waals surface area (Å²) in [5, 5.41) is 8.78. The van der Waals surface area contributed by atoms with Gasteiger partial charge >= 0.3 is 5.97 Å². The summed E-state index contributed by atoms with van der Waals surface area (Å²) in [7, 11) is 0. The quantitative estimate of drug-likeness (QED) is 0.506. The van der Waals surface area contributed by atoms with Gasteiger partial charge in [0.25, 0.3) is 0 Å². The SMILES string of the molecule is C=C(CCCC)OC(=O)[C@@H](C)O. The minimum absolute atomic E-state index is 0.433. The second-order valence-corrected chi connectivity index (χ2v) is 2.74. The molecule has 1 N–H and O–H groups in total. The number of carbonyl (C=O) groups excluding carboxylic acids is 1. The van der Waals surface area contributed by atoms with Crippen LogP contribution < -0.4 is 0 Å². The molecule has 0 aliphatic heterocycles. The number of hydrogen-bond acceptors (Lipinski definition) is 3. The van der Waals surface area contributed by atoms with Crippen LogP contribution in [0.1, 0.15) is 33.1 Å². The van der Waals surface area contributed by atoms with E-state index in [0.29, 0.717) is 12.2 Å². The van der Waals surface area contributed by atoms with Crippen LogP contribution >= 0.6 is 0 Å². The fourth-order valence-electron chi connectivity index (χ4n) is 0.653. The molecule has 0 aromatic rings. The Morgan fingerprint density at radius 3 is 2.67 bits per heavy atom. The molecular weight excluding hydrogens is 156 g/mol. The van der Waals surface area contributed by atoms with Crippen LogP contribution in [0.3, 0.4) is 0 Å². The monoisotopic (exact) mass is 172 g/mol. The zero-order valence-electron chi connectivity index (χ0n) is 7.67. The molecule has 70 valence electrons. The molecular formula is C9H16O3. The number of ether oxygens (including phenoxy) is 1. The Labute approximate surface area is 73.0 Å². The maximum atomic E-state index is 10.8. The van der Waals surface area contributed by atoms with Gasteiger partial charge in [-0.3, -0.25) is 0 Å². The number of unbranched alkanes of at least 4 members (excludes halogenated alkanes) is 1. The molecule has 1 atom stereocenters. The van der Waals surface area contributed by atoms with E-state index in [2.05, 4.69) is 6.58 Å². The third-order valence-electron chi connectivity index (χ3n) is 1.40. The van der Waals surface area contributed by atoms with Gasteiger partial charge in [0.05, 0.1) is 0 Å². The third-order valence-corrected chi connectivity index (χ3v) is 1.40. The zero-order chi connectivity index (χ0) is 9.56. The number of carbonyl (C=O) groups is 1. The number of aliphatic hydroxyl groups is 1. The van der Waals surface area contributed by atoms with E-state index in [-0.39, 0.29) is 0 Å². The molecule has 0 saturated heterocycles. The van der Waals surface area contributed by atoms with Crippen molar-refractivity contribution in [2.75, 3.05) is 0 Å². The van der Waals surface area contributed by atoms with Crippen LogP contribution in [0.15, 0.2) is 12.3 Å². The maximum Gasteiger partial charge on any atom is 0.339 e. The summed E-state index contributed by atoms with van der Waals surface area (Å²) in [4.78, 5) is 10.8. The van der Waals surface area contributed by atoms with E-state index in [1.165, 1.54) is 6.92 Å². The number of allylic oxidation sites excluding steroid dienone is 1. The fraction of sp³-hybridized carbons (Fsp3) is 0.667. The summed E-state index contributed by atoms with van der Waals surface area (Å²) in [6.07, 6.45) is 1.59. The van der Waals surface area contributed by atoms with E-state index in [1.807, 2.05) is 6.92 Å². The van der Waals surface area contributed by atoms with Crippen LogP contribution in [0.25, 0.3) is 0 Å². The highest BCUT2D eigenvalue weighted by Gasteiger charge is 2.11. The highest BCUT2D eigenvalue weighted by molar-refractivity contribution is 5.74.